The molecule has 2 aliphatic heterocycles. The Kier molecular flexibility index (Phi) is 3.83. The maximum absolute atomic E-state index is 4.42. The van der Waals surface area contributed by atoms with Crippen LogP contribution in [0.1, 0.15) is 26.2 Å². The highest BCUT2D eigenvalue weighted by molar-refractivity contribution is 5.80. The zero-order valence-corrected chi connectivity index (χ0v) is 9.63. The number of aliphatic imine (C=N–C) groups is 1. The molecule has 0 aromatic heterocycles. The Bertz CT molecular complexity index is 227. The first kappa shape index (κ1) is 10.7. The van der Waals surface area contributed by atoms with Gasteiger partial charge >= 0.3 is 0 Å². The van der Waals surface area contributed by atoms with Crippen LogP contribution in [0, 0.1) is 0 Å². The van der Waals surface area contributed by atoms with Gasteiger partial charge in [0.1, 0.15) is 0 Å². The van der Waals surface area contributed by atoms with E-state index in [4.69, 9.17) is 0 Å². The lowest BCUT2D eigenvalue weighted by atomic mass is 10.2. The van der Waals surface area contributed by atoms with Gasteiger partial charge in [-0.2, -0.15) is 0 Å². The van der Waals surface area contributed by atoms with Crippen LogP contribution in [0.4, 0.5) is 0 Å². The van der Waals surface area contributed by atoms with Crippen LogP contribution in [0.3, 0.4) is 0 Å². The Morgan fingerprint density at radius 3 is 3.20 bits per heavy atom. The van der Waals surface area contributed by atoms with Crippen LogP contribution in [0.2, 0.25) is 0 Å². The average Bonchev–Trinajstić information content (AvgIpc) is 2.75. The summed E-state index contributed by atoms with van der Waals surface area (Å²) in [5.41, 5.74) is 0. The molecule has 0 saturated carbocycles. The average molecular weight is 210 g/mol. The van der Waals surface area contributed by atoms with E-state index in [1.54, 1.807) is 0 Å². The van der Waals surface area contributed by atoms with Crippen molar-refractivity contribution in [3.63, 3.8) is 0 Å². The van der Waals surface area contributed by atoms with Gasteiger partial charge in [0, 0.05) is 25.7 Å². The van der Waals surface area contributed by atoms with Crippen LogP contribution in [-0.2, 0) is 0 Å². The normalized spacial score (nSPS) is 27.3. The smallest absolute Gasteiger partial charge is 0.191 e. The standard InChI is InChI=1S/C11H22N4/c1-2-15-8-3-5-10(15)9-14-11-12-6-4-7-13-11/h10H,2-9H2,1H3,(H2,12,13,14). The van der Waals surface area contributed by atoms with Crippen LogP contribution >= 0.6 is 0 Å². The SMILES string of the molecule is CCN1CCCC1CNC1=NCCCN1. The zero-order valence-electron chi connectivity index (χ0n) is 9.63. The quantitative estimate of drug-likeness (QED) is 0.709. The third kappa shape index (κ3) is 2.84. The molecule has 2 heterocycles. The van der Waals surface area contributed by atoms with E-state index in [9.17, 15) is 0 Å². The molecule has 0 aromatic rings. The Hall–Kier alpha value is -0.770. The van der Waals surface area contributed by atoms with E-state index in [-0.39, 0.29) is 0 Å². The molecule has 2 rings (SSSR count). The van der Waals surface area contributed by atoms with Gasteiger partial charge in [-0.05, 0) is 32.4 Å². The van der Waals surface area contributed by atoms with Crippen molar-refractivity contribution >= 4 is 5.96 Å². The van der Waals surface area contributed by atoms with Crippen LogP contribution in [0.5, 0.6) is 0 Å². The second-order valence-electron chi connectivity index (χ2n) is 4.32. The number of guanidine groups is 1. The van der Waals surface area contributed by atoms with Gasteiger partial charge in [0.25, 0.3) is 0 Å². The van der Waals surface area contributed by atoms with E-state index in [1.165, 1.54) is 25.9 Å². The summed E-state index contributed by atoms with van der Waals surface area (Å²) in [7, 11) is 0. The summed E-state index contributed by atoms with van der Waals surface area (Å²) >= 11 is 0. The van der Waals surface area contributed by atoms with Crippen LogP contribution in [0.25, 0.3) is 0 Å². The Morgan fingerprint density at radius 2 is 2.47 bits per heavy atom. The predicted octanol–water partition coefficient (Wildman–Crippen LogP) is 0.410. The highest BCUT2D eigenvalue weighted by Gasteiger charge is 2.22. The molecule has 1 fully saturated rings. The molecule has 4 nitrogen and oxygen atoms in total. The van der Waals surface area contributed by atoms with Gasteiger partial charge in [0.15, 0.2) is 5.96 Å². The van der Waals surface area contributed by atoms with Crippen molar-refractivity contribution in [2.75, 3.05) is 32.7 Å². The number of rotatable bonds is 3. The molecular weight excluding hydrogens is 188 g/mol. The molecule has 86 valence electrons. The summed E-state index contributed by atoms with van der Waals surface area (Å²) < 4.78 is 0. The van der Waals surface area contributed by atoms with Crippen LogP contribution in [-0.4, -0.2) is 49.6 Å². The van der Waals surface area contributed by atoms with E-state index in [0.29, 0.717) is 6.04 Å². The minimum atomic E-state index is 0.710. The van der Waals surface area contributed by atoms with Crippen molar-refractivity contribution in [1.29, 1.82) is 0 Å². The van der Waals surface area contributed by atoms with Crippen molar-refractivity contribution in [1.82, 2.24) is 15.5 Å². The molecule has 0 spiro atoms. The first-order valence-electron chi connectivity index (χ1n) is 6.16. The maximum atomic E-state index is 4.42. The fourth-order valence-corrected chi connectivity index (χ4v) is 2.41. The zero-order chi connectivity index (χ0) is 10.5. The summed E-state index contributed by atoms with van der Waals surface area (Å²) in [5.74, 6) is 1.00. The molecule has 15 heavy (non-hydrogen) atoms. The highest BCUT2D eigenvalue weighted by atomic mass is 15.2. The minimum absolute atomic E-state index is 0.710. The van der Waals surface area contributed by atoms with E-state index >= 15 is 0 Å². The van der Waals surface area contributed by atoms with Crippen LogP contribution < -0.4 is 10.6 Å². The molecular formula is C11H22N4. The number of nitrogens with zero attached hydrogens (tertiary/aromatic N) is 2. The maximum Gasteiger partial charge on any atom is 0.191 e. The summed E-state index contributed by atoms with van der Waals surface area (Å²) in [5, 5.41) is 6.72. The van der Waals surface area contributed by atoms with Gasteiger partial charge < -0.3 is 10.6 Å². The lowest BCUT2D eigenvalue weighted by molar-refractivity contribution is 0.267. The molecule has 0 radical (unpaired) electrons. The molecule has 2 aliphatic rings. The molecule has 1 saturated heterocycles. The molecule has 0 bridgehead atoms. The lowest BCUT2D eigenvalue weighted by Crippen LogP contribution is -2.46. The third-order valence-corrected chi connectivity index (χ3v) is 3.31. The van der Waals surface area contributed by atoms with E-state index in [2.05, 4.69) is 27.4 Å². The monoisotopic (exact) mass is 210 g/mol. The largest absolute Gasteiger partial charge is 0.356 e. The number of hydrogen-bond donors (Lipinski definition) is 2. The molecule has 1 atom stereocenters. The van der Waals surface area contributed by atoms with Gasteiger partial charge in [-0.1, -0.05) is 6.92 Å². The minimum Gasteiger partial charge on any atom is -0.356 e. The number of nitrogens with one attached hydrogen (secondary N) is 2. The highest BCUT2D eigenvalue weighted by Crippen LogP contribution is 2.15. The molecule has 4 heteroatoms. The summed E-state index contributed by atoms with van der Waals surface area (Å²) in [6.07, 6.45) is 3.84. The Labute approximate surface area is 92.1 Å². The Balaban J connectivity index is 1.74. The second kappa shape index (κ2) is 5.35. The third-order valence-electron chi connectivity index (χ3n) is 3.31. The van der Waals surface area contributed by atoms with Crippen molar-refractivity contribution in [3.8, 4) is 0 Å². The summed E-state index contributed by atoms with van der Waals surface area (Å²) in [6.45, 7) is 7.76. The molecule has 0 aliphatic carbocycles. The topological polar surface area (TPSA) is 39.7 Å². The number of likely N-dealkylation sites (tertiary alicyclic amines) is 1. The van der Waals surface area contributed by atoms with Crippen molar-refractivity contribution < 1.29 is 0 Å². The van der Waals surface area contributed by atoms with Gasteiger partial charge in [-0.25, -0.2) is 0 Å². The number of likely N-dealkylation sites (N-methyl/N-ethyl adjacent to an activating group) is 1. The van der Waals surface area contributed by atoms with Gasteiger partial charge in [0.05, 0.1) is 0 Å². The Morgan fingerprint density at radius 1 is 1.53 bits per heavy atom. The predicted molar refractivity (Wildman–Crippen MR) is 63.2 cm³/mol. The summed E-state index contributed by atoms with van der Waals surface area (Å²) in [6, 6.07) is 0.710. The fraction of sp³-hybridized carbons (Fsp3) is 0.909. The van der Waals surface area contributed by atoms with Gasteiger partial charge in [0.2, 0.25) is 0 Å². The molecule has 0 amide bonds. The molecule has 2 N–H and O–H groups in total. The van der Waals surface area contributed by atoms with Crippen molar-refractivity contribution in [2.24, 2.45) is 4.99 Å². The summed E-state index contributed by atoms with van der Waals surface area (Å²) in [4.78, 5) is 6.97. The number of hydrogen-bond acceptors (Lipinski definition) is 4. The molecule has 0 aromatic carbocycles. The first-order valence-corrected chi connectivity index (χ1v) is 6.16. The van der Waals surface area contributed by atoms with Crippen molar-refractivity contribution in [2.45, 2.75) is 32.2 Å². The molecule has 1 unspecified atom stereocenters. The van der Waals surface area contributed by atoms with E-state index in [0.717, 1.165) is 32.0 Å². The van der Waals surface area contributed by atoms with Crippen molar-refractivity contribution in [3.05, 3.63) is 0 Å². The fourth-order valence-electron chi connectivity index (χ4n) is 2.41. The van der Waals surface area contributed by atoms with E-state index in [1.807, 2.05) is 0 Å². The van der Waals surface area contributed by atoms with Gasteiger partial charge in [-0.3, -0.25) is 9.89 Å². The lowest BCUT2D eigenvalue weighted by Gasteiger charge is -2.24. The van der Waals surface area contributed by atoms with Crippen LogP contribution in [0.15, 0.2) is 4.99 Å². The first-order chi connectivity index (χ1) is 7.40. The van der Waals surface area contributed by atoms with E-state index < -0.39 is 0 Å². The van der Waals surface area contributed by atoms with Gasteiger partial charge in [-0.15, -0.1) is 0 Å². The second-order valence-corrected chi connectivity index (χ2v) is 4.32.